The molecule has 0 saturated carbocycles. The third-order valence-corrected chi connectivity index (χ3v) is 4.52. The smallest absolute Gasteiger partial charge is 0.191 e. The van der Waals surface area contributed by atoms with Gasteiger partial charge in [0.15, 0.2) is 5.96 Å². The molecule has 6 nitrogen and oxygen atoms in total. The molecular weight excluding hydrogens is 338 g/mol. The second-order valence-corrected chi connectivity index (χ2v) is 6.62. The molecule has 27 heavy (non-hydrogen) atoms. The van der Waals surface area contributed by atoms with Gasteiger partial charge in [0.2, 0.25) is 0 Å². The van der Waals surface area contributed by atoms with Crippen LogP contribution >= 0.6 is 0 Å². The number of nitrogens with one attached hydrogen (secondary N) is 2. The number of imidazole rings is 1. The van der Waals surface area contributed by atoms with Crippen LogP contribution in [0.3, 0.4) is 0 Å². The van der Waals surface area contributed by atoms with E-state index in [-0.39, 0.29) is 0 Å². The van der Waals surface area contributed by atoms with Gasteiger partial charge in [-0.2, -0.15) is 0 Å². The number of methoxy groups -OCH3 is 1. The third kappa shape index (κ3) is 6.96. The van der Waals surface area contributed by atoms with Gasteiger partial charge >= 0.3 is 0 Å². The van der Waals surface area contributed by atoms with Crippen LogP contribution in [0.5, 0.6) is 5.75 Å². The van der Waals surface area contributed by atoms with Gasteiger partial charge < -0.3 is 19.9 Å². The molecule has 1 aromatic heterocycles. The third-order valence-electron chi connectivity index (χ3n) is 4.52. The van der Waals surface area contributed by atoms with Crippen molar-refractivity contribution in [3.05, 3.63) is 47.5 Å². The number of rotatable bonds is 10. The van der Waals surface area contributed by atoms with Gasteiger partial charge in [0.1, 0.15) is 11.6 Å². The number of aromatic nitrogens is 2. The Balaban J connectivity index is 1.73. The van der Waals surface area contributed by atoms with Crippen LogP contribution in [0.1, 0.15) is 36.7 Å². The molecule has 2 rings (SSSR count). The van der Waals surface area contributed by atoms with Crippen LogP contribution in [0.4, 0.5) is 0 Å². The average Bonchev–Trinajstić information content (AvgIpc) is 3.07. The summed E-state index contributed by atoms with van der Waals surface area (Å²) in [6.45, 7) is 9.70. The Morgan fingerprint density at radius 3 is 2.78 bits per heavy atom. The summed E-state index contributed by atoms with van der Waals surface area (Å²) >= 11 is 0. The highest BCUT2D eigenvalue weighted by Crippen LogP contribution is 2.18. The summed E-state index contributed by atoms with van der Waals surface area (Å²) in [5.41, 5.74) is 2.42. The van der Waals surface area contributed by atoms with E-state index in [1.165, 1.54) is 5.56 Å². The topological polar surface area (TPSA) is 63.5 Å². The first-order chi connectivity index (χ1) is 13.1. The van der Waals surface area contributed by atoms with Crippen LogP contribution in [0.15, 0.2) is 35.6 Å². The van der Waals surface area contributed by atoms with Crippen molar-refractivity contribution in [2.45, 2.75) is 46.6 Å². The predicted molar refractivity (Wildman–Crippen MR) is 112 cm³/mol. The number of aliphatic imine (C=N–C) groups is 1. The monoisotopic (exact) mass is 371 g/mol. The van der Waals surface area contributed by atoms with Gasteiger partial charge in [0.25, 0.3) is 0 Å². The Kier molecular flexibility index (Phi) is 8.68. The van der Waals surface area contributed by atoms with Crippen molar-refractivity contribution in [2.24, 2.45) is 4.99 Å². The maximum absolute atomic E-state index is 5.40. The minimum atomic E-state index is 0.821. The number of nitrogens with zero attached hydrogens (tertiary/aromatic N) is 3. The lowest BCUT2D eigenvalue weighted by Gasteiger charge is -2.12. The van der Waals surface area contributed by atoms with Gasteiger partial charge in [-0.05, 0) is 57.2 Å². The van der Waals surface area contributed by atoms with E-state index in [9.17, 15) is 0 Å². The molecule has 6 heteroatoms. The Morgan fingerprint density at radius 2 is 2.07 bits per heavy atom. The Labute approximate surface area is 163 Å². The highest BCUT2D eigenvalue weighted by Gasteiger charge is 2.02. The second kappa shape index (κ2) is 11.3. The lowest BCUT2D eigenvalue weighted by molar-refractivity contribution is 0.411. The first-order valence-corrected chi connectivity index (χ1v) is 9.77. The Bertz CT molecular complexity index is 723. The number of aryl methyl sites for hydroxylation is 3. The molecule has 1 heterocycles. The van der Waals surface area contributed by atoms with Crippen LogP contribution in [0.2, 0.25) is 0 Å². The summed E-state index contributed by atoms with van der Waals surface area (Å²) in [6.07, 6.45) is 6.97. The number of guanidine groups is 1. The van der Waals surface area contributed by atoms with Gasteiger partial charge in [0, 0.05) is 38.6 Å². The summed E-state index contributed by atoms with van der Waals surface area (Å²) < 4.78 is 7.58. The van der Waals surface area contributed by atoms with E-state index in [0.29, 0.717) is 0 Å². The van der Waals surface area contributed by atoms with E-state index >= 15 is 0 Å². The number of hydrogen-bond acceptors (Lipinski definition) is 3. The van der Waals surface area contributed by atoms with Gasteiger partial charge in [-0.15, -0.1) is 0 Å². The molecule has 0 saturated heterocycles. The molecule has 0 aliphatic heterocycles. The normalized spacial score (nSPS) is 11.5. The zero-order chi connectivity index (χ0) is 19.5. The predicted octanol–water partition coefficient (Wildman–Crippen LogP) is 3.09. The quantitative estimate of drug-likeness (QED) is 0.383. The van der Waals surface area contributed by atoms with E-state index in [1.807, 2.05) is 19.3 Å². The highest BCUT2D eigenvalue weighted by atomic mass is 16.5. The van der Waals surface area contributed by atoms with Crippen LogP contribution in [-0.2, 0) is 13.0 Å². The number of unbranched alkanes of at least 4 members (excludes halogenated alkanes) is 1. The Morgan fingerprint density at radius 1 is 1.22 bits per heavy atom. The molecule has 2 N–H and O–H groups in total. The summed E-state index contributed by atoms with van der Waals surface area (Å²) in [6, 6.07) is 6.37. The van der Waals surface area contributed by atoms with E-state index in [4.69, 9.17) is 4.74 Å². The van der Waals surface area contributed by atoms with E-state index in [2.05, 4.69) is 57.2 Å². The van der Waals surface area contributed by atoms with Crippen molar-refractivity contribution in [1.29, 1.82) is 0 Å². The van der Waals surface area contributed by atoms with Crippen molar-refractivity contribution in [2.75, 3.05) is 26.7 Å². The molecule has 0 atom stereocenters. The first kappa shape index (κ1) is 20.8. The van der Waals surface area contributed by atoms with Gasteiger partial charge in [-0.3, -0.25) is 4.99 Å². The van der Waals surface area contributed by atoms with Gasteiger partial charge in [0.05, 0.1) is 7.11 Å². The lowest BCUT2D eigenvalue weighted by atomic mass is 10.1. The molecule has 0 radical (unpaired) electrons. The zero-order valence-corrected chi connectivity index (χ0v) is 17.1. The maximum atomic E-state index is 5.40. The average molecular weight is 372 g/mol. The molecule has 2 aromatic rings. The van der Waals surface area contributed by atoms with Crippen LogP contribution in [0.25, 0.3) is 0 Å². The van der Waals surface area contributed by atoms with Gasteiger partial charge in [-0.1, -0.05) is 12.1 Å². The highest BCUT2D eigenvalue weighted by molar-refractivity contribution is 5.79. The minimum Gasteiger partial charge on any atom is -0.496 e. The largest absolute Gasteiger partial charge is 0.496 e. The fourth-order valence-electron chi connectivity index (χ4n) is 2.91. The zero-order valence-electron chi connectivity index (χ0n) is 17.1. The summed E-state index contributed by atoms with van der Waals surface area (Å²) in [4.78, 5) is 8.93. The van der Waals surface area contributed by atoms with Crippen LogP contribution in [0, 0.1) is 13.8 Å². The van der Waals surface area contributed by atoms with Crippen molar-refractivity contribution in [3.63, 3.8) is 0 Å². The molecule has 1 aromatic carbocycles. The number of benzene rings is 1. The number of hydrogen-bond donors (Lipinski definition) is 2. The van der Waals surface area contributed by atoms with Gasteiger partial charge in [-0.25, -0.2) is 4.98 Å². The summed E-state index contributed by atoms with van der Waals surface area (Å²) in [5, 5.41) is 6.73. The first-order valence-electron chi connectivity index (χ1n) is 9.77. The van der Waals surface area contributed by atoms with Crippen molar-refractivity contribution >= 4 is 5.96 Å². The van der Waals surface area contributed by atoms with E-state index < -0.39 is 0 Å². The Hall–Kier alpha value is -2.50. The molecular formula is C21H33N5O. The molecule has 0 unspecified atom stereocenters. The van der Waals surface area contributed by atoms with Crippen LogP contribution in [-0.4, -0.2) is 42.3 Å². The van der Waals surface area contributed by atoms with Crippen LogP contribution < -0.4 is 15.4 Å². The molecule has 0 fully saturated rings. The second-order valence-electron chi connectivity index (χ2n) is 6.62. The molecule has 0 bridgehead atoms. The lowest BCUT2D eigenvalue weighted by Crippen LogP contribution is -2.38. The SMILES string of the molecule is CCNC(=NCCCCn1ccnc1C)NCCc1ccc(C)c(OC)c1. The fraction of sp³-hybridized carbons (Fsp3) is 0.524. The molecule has 148 valence electrons. The molecule has 0 amide bonds. The summed E-state index contributed by atoms with van der Waals surface area (Å²) in [5.74, 6) is 2.90. The number of ether oxygens (including phenoxy) is 1. The fourth-order valence-corrected chi connectivity index (χ4v) is 2.91. The summed E-state index contributed by atoms with van der Waals surface area (Å²) in [7, 11) is 1.72. The minimum absolute atomic E-state index is 0.821. The van der Waals surface area contributed by atoms with E-state index in [1.54, 1.807) is 7.11 Å². The van der Waals surface area contributed by atoms with Crippen molar-refractivity contribution < 1.29 is 4.74 Å². The van der Waals surface area contributed by atoms with E-state index in [0.717, 1.165) is 68.5 Å². The standard InChI is InChI=1S/C21H33N5O/c1-5-22-21(24-11-6-7-14-26-15-13-23-18(26)3)25-12-10-19-9-8-17(2)20(16-19)27-4/h8-9,13,15-16H,5-7,10-12,14H2,1-4H3,(H2,22,24,25). The maximum Gasteiger partial charge on any atom is 0.191 e. The molecule has 0 aliphatic rings. The molecule has 0 aliphatic carbocycles. The van der Waals surface area contributed by atoms with Crippen molar-refractivity contribution in [3.8, 4) is 5.75 Å². The molecule has 0 spiro atoms. The van der Waals surface area contributed by atoms with Crippen molar-refractivity contribution in [1.82, 2.24) is 20.2 Å².